The van der Waals surface area contributed by atoms with Crippen LogP contribution in [0.5, 0.6) is 5.75 Å². The second-order valence-electron chi connectivity index (χ2n) is 10.8. The molecule has 192 valence electrons. The van der Waals surface area contributed by atoms with Gasteiger partial charge in [0.25, 0.3) is 8.32 Å². The van der Waals surface area contributed by atoms with Crippen LogP contribution in [-0.2, 0) is 25.1 Å². The normalized spacial score (nSPS) is 12.8. The van der Waals surface area contributed by atoms with Crippen LogP contribution in [0.15, 0.2) is 24.3 Å². The van der Waals surface area contributed by atoms with Crippen molar-refractivity contribution >= 4 is 26.5 Å². The zero-order valence-electron chi connectivity index (χ0n) is 22.0. The zero-order chi connectivity index (χ0) is 26.1. The molecule has 0 aliphatic carbocycles. The summed E-state index contributed by atoms with van der Waals surface area (Å²) in [6, 6.07) is 5.74. The lowest BCUT2D eigenvalue weighted by Gasteiger charge is -2.36. The van der Waals surface area contributed by atoms with E-state index in [1.165, 1.54) is 0 Å². The predicted octanol–water partition coefficient (Wildman–Crippen LogP) is 5.70. The van der Waals surface area contributed by atoms with Crippen LogP contribution in [0.3, 0.4) is 0 Å². The molecule has 0 saturated carbocycles. The van der Waals surface area contributed by atoms with Gasteiger partial charge < -0.3 is 24.0 Å². The first kappa shape index (κ1) is 29.5. The maximum absolute atomic E-state index is 13.1. The fourth-order valence-electron chi connectivity index (χ4n) is 2.38. The predicted molar refractivity (Wildman–Crippen MR) is 133 cm³/mol. The second kappa shape index (κ2) is 12.8. The van der Waals surface area contributed by atoms with E-state index in [1.54, 1.807) is 24.3 Å². The molecule has 0 fully saturated rings. The second-order valence-corrected chi connectivity index (χ2v) is 15.5. The third-order valence-corrected chi connectivity index (χ3v) is 9.71. The number of nitrogens with one attached hydrogen (secondary N) is 1. The van der Waals surface area contributed by atoms with Crippen LogP contribution >= 0.6 is 0 Å². The Kier molecular flexibility index (Phi) is 11.1. The largest absolute Gasteiger partial charge is 0.518 e. The van der Waals surface area contributed by atoms with E-state index in [0.717, 1.165) is 5.56 Å². The van der Waals surface area contributed by atoms with Gasteiger partial charge in [0.1, 0.15) is 11.8 Å². The highest BCUT2D eigenvalue weighted by Gasteiger charge is 2.42. The Morgan fingerprint density at radius 2 is 1.44 bits per heavy atom. The number of hydrogen-bond acceptors (Lipinski definition) is 7. The molecular weight excluding hydrogens is 454 g/mol. The molecule has 8 nitrogen and oxygen atoms in total. The van der Waals surface area contributed by atoms with E-state index in [0.29, 0.717) is 5.75 Å². The van der Waals surface area contributed by atoms with Gasteiger partial charge in [0.15, 0.2) is 0 Å². The van der Waals surface area contributed by atoms with Gasteiger partial charge in [0, 0.05) is 6.42 Å². The molecule has 1 atom stereocenters. The summed E-state index contributed by atoms with van der Waals surface area (Å²) in [6.45, 7) is 18.3. The molecular formula is C25H41NO7Si. The van der Waals surface area contributed by atoms with Gasteiger partial charge in [-0.25, -0.2) is 9.59 Å². The van der Waals surface area contributed by atoms with Crippen molar-refractivity contribution in [3.63, 3.8) is 0 Å². The average molecular weight is 496 g/mol. The summed E-state index contributed by atoms with van der Waals surface area (Å²) in [5.74, 6) is 0.203. The van der Waals surface area contributed by atoms with Crippen LogP contribution in [0.4, 0.5) is 9.59 Å². The minimum atomic E-state index is -2.39. The molecule has 0 saturated heterocycles. The van der Waals surface area contributed by atoms with Crippen LogP contribution in [0.25, 0.3) is 0 Å². The van der Waals surface area contributed by atoms with E-state index in [9.17, 15) is 14.4 Å². The van der Waals surface area contributed by atoms with Crippen LogP contribution in [0.2, 0.25) is 18.1 Å². The van der Waals surface area contributed by atoms with Crippen LogP contribution in [0.1, 0.15) is 54.0 Å². The van der Waals surface area contributed by atoms with Crippen molar-refractivity contribution in [1.82, 2.24) is 5.32 Å². The monoisotopic (exact) mass is 495 g/mol. The lowest BCUT2D eigenvalue weighted by molar-refractivity contribution is -0.137. The Bertz CT molecular complexity index is 814. The SMILES string of the molecule is CC(C)COC(=O)NC(Cc1ccc(OC(=O)OCC(C)C)cc1)C(=O)O[Si](C)(C)C(C)(C)C. The van der Waals surface area contributed by atoms with Crippen molar-refractivity contribution in [2.75, 3.05) is 13.2 Å². The van der Waals surface area contributed by atoms with E-state index in [1.807, 2.05) is 61.6 Å². The molecule has 0 radical (unpaired) electrons. The van der Waals surface area contributed by atoms with E-state index in [-0.39, 0.29) is 36.5 Å². The Morgan fingerprint density at radius 1 is 0.912 bits per heavy atom. The van der Waals surface area contributed by atoms with E-state index in [2.05, 4.69) is 5.32 Å². The quantitative estimate of drug-likeness (QED) is 0.252. The van der Waals surface area contributed by atoms with Crippen molar-refractivity contribution in [2.24, 2.45) is 11.8 Å². The molecule has 1 N–H and O–H groups in total. The molecule has 1 rings (SSSR count). The molecule has 0 heterocycles. The van der Waals surface area contributed by atoms with Gasteiger partial charge in [-0.15, -0.1) is 0 Å². The van der Waals surface area contributed by atoms with Gasteiger partial charge >= 0.3 is 18.2 Å². The molecule has 1 aromatic carbocycles. The van der Waals surface area contributed by atoms with Gasteiger partial charge in [-0.3, -0.25) is 4.79 Å². The summed E-state index contributed by atoms with van der Waals surface area (Å²) in [4.78, 5) is 37.1. The van der Waals surface area contributed by atoms with Crippen LogP contribution in [0, 0.1) is 11.8 Å². The smallest absolute Gasteiger partial charge is 0.513 e. The average Bonchev–Trinajstić information content (AvgIpc) is 2.70. The highest BCUT2D eigenvalue weighted by atomic mass is 28.4. The number of alkyl carbamates (subject to hydrolysis) is 1. The summed E-state index contributed by atoms with van der Waals surface area (Å²) in [5.41, 5.74) is 0.754. The molecule has 0 spiro atoms. The summed E-state index contributed by atoms with van der Waals surface area (Å²) < 4.78 is 21.3. The van der Waals surface area contributed by atoms with E-state index < -0.39 is 32.6 Å². The van der Waals surface area contributed by atoms with Crippen LogP contribution in [-0.4, -0.2) is 45.8 Å². The number of hydrogen-bond donors (Lipinski definition) is 1. The molecule has 9 heteroatoms. The Morgan fingerprint density at radius 3 is 1.94 bits per heavy atom. The number of carbonyl (C=O) groups excluding carboxylic acids is 3. The number of ether oxygens (including phenoxy) is 3. The van der Waals surface area contributed by atoms with Crippen molar-refractivity contribution in [1.29, 1.82) is 0 Å². The van der Waals surface area contributed by atoms with Crippen molar-refractivity contribution in [3.05, 3.63) is 29.8 Å². The summed E-state index contributed by atoms with van der Waals surface area (Å²) in [6.07, 6.45) is -1.24. The van der Waals surface area contributed by atoms with Gasteiger partial charge in [-0.1, -0.05) is 60.6 Å². The number of carbonyl (C=O) groups is 3. The fraction of sp³-hybridized carbons (Fsp3) is 0.640. The highest BCUT2D eigenvalue weighted by molar-refractivity contribution is 6.75. The number of amides is 1. The van der Waals surface area contributed by atoms with Gasteiger partial charge in [-0.05, 0) is 47.7 Å². The fourth-order valence-corrected chi connectivity index (χ4v) is 3.34. The summed E-state index contributed by atoms with van der Waals surface area (Å²) >= 11 is 0. The number of benzene rings is 1. The number of rotatable bonds is 10. The summed E-state index contributed by atoms with van der Waals surface area (Å²) in [5, 5.41) is 2.48. The molecule has 0 aliphatic rings. The maximum Gasteiger partial charge on any atom is 0.513 e. The summed E-state index contributed by atoms with van der Waals surface area (Å²) in [7, 11) is -2.39. The van der Waals surface area contributed by atoms with Crippen LogP contribution < -0.4 is 10.1 Å². The Labute approximate surface area is 204 Å². The first-order valence-corrected chi connectivity index (χ1v) is 14.6. The van der Waals surface area contributed by atoms with Gasteiger partial charge in [-0.2, -0.15) is 0 Å². The first-order valence-electron chi connectivity index (χ1n) is 11.7. The molecule has 1 amide bonds. The molecule has 0 bridgehead atoms. The van der Waals surface area contributed by atoms with Gasteiger partial charge in [0.2, 0.25) is 0 Å². The third-order valence-electron chi connectivity index (χ3n) is 5.39. The molecule has 1 aromatic rings. The van der Waals surface area contributed by atoms with E-state index in [4.69, 9.17) is 18.6 Å². The van der Waals surface area contributed by atoms with Crippen molar-refractivity contribution in [2.45, 2.75) is 79.1 Å². The molecule has 1 unspecified atom stereocenters. The molecule has 34 heavy (non-hydrogen) atoms. The standard InChI is InChI=1S/C25H41NO7Si/c1-17(2)15-30-23(28)26-21(22(27)33-34(8,9)25(5,6)7)14-19-10-12-20(13-11-19)32-24(29)31-16-18(3)4/h10-13,17-18,21H,14-16H2,1-9H3,(H,26,28). The van der Waals surface area contributed by atoms with Crippen molar-refractivity contribution in [3.8, 4) is 5.75 Å². The van der Waals surface area contributed by atoms with E-state index >= 15 is 0 Å². The lowest BCUT2D eigenvalue weighted by atomic mass is 10.1. The Hall–Kier alpha value is -2.55. The zero-order valence-corrected chi connectivity index (χ0v) is 23.0. The third kappa shape index (κ3) is 10.6. The minimum Gasteiger partial charge on any atom is -0.518 e. The highest BCUT2D eigenvalue weighted by Crippen LogP contribution is 2.36. The Balaban J connectivity index is 2.92. The van der Waals surface area contributed by atoms with Crippen molar-refractivity contribution < 1.29 is 33.0 Å². The first-order chi connectivity index (χ1) is 15.6. The van der Waals surface area contributed by atoms with Gasteiger partial charge in [0.05, 0.1) is 13.2 Å². The maximum atomic E-state index is 13.1. The lowest BCUT2D eigenvalue weighted by Crippen LogP contribution is -2.50. The molecule has 0 aliphatic heterocycles. The molecule has 0 aromatic heterocycles. The topological polar surface area (TPSA) is 100 Å². The minimum absolute atomic E-state index is 0.170.